The number of amides is 1. The van der Waals surface area contributed by atoms with Gasteiger partial charge in [-0.25, -0.2) is 5.43 Å². The van der Waals surface area contributed by atoms with Gasteiger partial charge in [-0.1, -0.05) is 41.9 Å². The molecular weight excluding hydrogens is 390 g/mol. The summed E-state index contributed by atoms with van der Waals surface area (Å²) in [4.78, 5) is 12.1. The molecule has 1 aliphatic heterocycles. The van der Waals surface area contributed by atoms with Crippen LogP contribution in [0.5, 0.6) is 0 Å². The molecule has 1 fully saturated rings. The van der Waals surface area contributed by atoms with Crippen molar-refractivity contribution in [1.82, 2.24) is 9.99 Å². The molecule has 1 saturated heterocycles. The van der Waals surface area contributed by atoms with Gasteiger partial charge in [-0.05, 0) is 30.7 Å². The Hall–Kier alpha value is -2.67. The number of nitrogens with zero attached hydrogens (tertiary/aromatic N) is 2. The summed E-state index contributed by atoms with van der Waals surface area (Å²) in [5.74, 6) is -1.12. The van der Waals surface area contributed by atoms with Crippen LogP contribution in [0.25, 0.3) is 10.9 Å². The number of fused-ring (bicyclic) bond motifs is 1. The fourth-order valence-electron chi connectivity index (χ4n) is 3.46. The van der Waals surface area contributed by atoms with Gasteiger partial charge in [-0.2, -0.15) is 5.10 Å². The predicted molar refractivity (Wildman–Crippen MR) is 113 cm³/mol. The fraction of sp³-hybridized carbons (Fsp3) is 0.273. The van der Waals surface area contributed by atoms with Gasteiger partial charge in [0.05, 0.1) is 25.8 Å². The number of ether oxygens (including phenoxy) is 2. The van der Waals surface area contributed by atoms with Crippen molar-refractivity contribution in [2.45, 2.75) is 25.7 Å². The van der Waals surface area contributed by atoms with E-state index in [0.29, 0.717) is 19.8 Å². The Balaban J connectivity index is 1.49. The molecule has 4 rings (SSSR count). The van der Waals surface area contributed by atoms with E-state index in [2.05, 4.69) is 21.2 Å². The summed E-state index contributed by atoms with van der Waals surface area (Å²) in [6.45, 7) is 3.47. The monoisotopic (exact) mass is 411 g/mol. The van der Waals surface area contributed by atoms with Crippen molar-refractivity contribution in [3.05, 3.63) is 70.9 Å². The third kappa shape index (κ3) is 4.67. The van der Waals surface area contributed by atoms with Crippen LogP contribution < -0.4 is 5.43 Å². The first kappa shape index (κ1) is 19.6. The Labute approximate surface area is 174 Å². The first-order valence-corrected chi connectivity index (χ1v) is 9.82. The quantitative estimate of drug-likeness (QED) is 0.493. The van der Waals surface area contributed by atoms with Gasteiger partial charge in [0.25, 0.3) is 0 Å². The Morgan fingerprint density at radius 3 is 2.69 bits per heavy atom. The molecule has 6 nitrogen and oxygen atoms in total. The van der Waals surface area contributed by atoms with Gasteiger partial charge in [0, 0.05) is 34.2 Å². The smallest absolute Gasteiger partial charge is 0.245 e. The lowest BCUT2D eigenvalue weighted by Gasteiger charge is -2.20. The first-order chi connectivity index (χ1) is 14.0. The van der Waals surface area contributed by atoms with E-state index in [-0.39, 0.29) is 12.3 Å². The fourth-order valence-corrected chi connectivity index (χ4v) is 3.59. The van der Waals surface area contributed by atoms with Crippen LogP contribution in [0.4, 0.5) is 0 Å². The molecule has 29 heavy (non-hydrogen) atoms. The summed E-state index contributed by atoms with van der Waals surface area (Å²) < 4.78 is 13.1. The predicted octanol–water partition coefficient (Wildman–Crippen LogP) is 3.95. The maximum absolute atomic E-state index is 12.1. The van der Waals surface area contributed by atoms with Crippen molar-refractivity contribution in [2.75, 3.05) is 13.2 Å². The second-order valence-corrected chi connectivity index (χ2v) is 7.59. The highest BCUT2D eigenvalue weighted by Crippen LogP contribution is 2.23. The van der Waals surface area contributed by atoms with Crippen molar-refractivity contribution >= 4 is 34.6 Å². The normalized spacial score (nSPS) is 15.9. The molecule has 0 saturated carbocycles. The largest absolute Gasteiger partial charge is 0.347 e. The summed E-state index contributed by atoms with van der Waals surface area (Å²) >= 11 is 5.98. The van der Waals surface area contributed by atoms with E-state index in [9.17, 15) is 4.79 Å². The van der Waals surface area contributed by atoms with Crippen molar-refractivity contribution in [3.8, 4) is 0 Å². The number of nitrogens with one attached hydrogen (secondary N) is 1. The van der Waals surface area contributed by atoms with Crippen molar-refractivity contribution < 1.29 is 14.3 Å². The molecule has 0 aliphatic carbocycles. The molecule has 0 radical (unpaired) electrons. The molecule has 150 valence electrons. The van der Waals surface area contributed by atoms with E-state index < -0.39 is 5.79 Å². The number of hydrazone groups is 1. The van der Waals surface area contributed by atoms with Gasteiger partial charge < -0.3 is 14.0 Å². The van der Waals surface area contributed by atoms with Crippen molar-refractivity contribution in [1.29, 1.82) is 0 Å². The Bertz CT molecular complexity index is 1040. The number of carbonyl (C=O) groups excluding carboxylic acids is 1. The number of hydrogen-bond donors (Lipinski definition) is 1. The lowest BCUT2D eigenvalue weighted by molar-refractivity contribution is -0.159. The summed E-state index contributed by atoms with van der Waals surface area (Å²) in [6.07, 6.45) is 3.79. The van der Waals surface area contributed by atoms with Crippen LogP contribution in [0.2, 0.25) is 5.02 Å². The molecule has 0 atom stereocenters. The van der Waals surface area contributed by atoms with E-state index >= 15 is 0 Å². The second-order valence-electron chi connectivity index (χ2n) is 7.16. The zero-order chi connectivity index (χ0) is 20.3. The lowest BCUT2D eigenvalue weighted by Crippen LogP contribution is -2.33. The number of benzene rings is 2. The maximum atomic E-state index is 12.1. The van der Waals surface area contributed by atoms with E-state index in [0.717, 1.165) is 27.1 Å². The van der Waals surface area contributed by atoms with Crippen molar-refractivity contribution in [2.24, 2.45) is 5.10 Å². The lowest BCUT2D eigenvalue weighted by atomic mass is 10.2. The highest BCUT2D eigenvalue weighted by molar-refractivity contribution is 6.30. The molecule has 1 N–H and O–H groups in total. The van der Waals surface area contributed by atoms with Gasteiger partial charge in [-0.15, -0.1) is 0 Å². The minimum absolute atomic E-state index is 0.0999. The van der Waals surface area contributed by atoms with Gasteiger partial charge in [-0.3, -0.25) is 4.79 Å². The number of hydrogen-bond acceptors (Lipinski definition) is 4. The Morgan fingerprint density at radius 2 is 1.93 bits per heavy atom. The molecule has 7 heteroatoms. The summed E-state index contributed by atoms with van der Waals surface area (Å²) in [6, 6.07) is 15.9. The highest BCUT2D eigenvalue weighted by atomic mass is 35.5. The number of carbonyl (C=O) groups is 1. The molecular formula is C22H22ClN3O3. The van der Waals surface area contributed by atoms with E-state index in [1.54, 1.807) is 13.1 Å². The van der Waals surface area contributed by atoms with Crippen LogP contribution in [-0.2, 0) is 20.8 Å². The molecule has 3 aromatic rings. The number of halogens is 1. The van der Waals surface area contributed by atoms with Gasteiger partial charge in [0.15, 0.2) is 5.79 Å². The van der Waals surface area contributed by atoms with Crippen LogP contribution in [-0.4, -0.2) is 35.7 Å². The third-order valence-corrected chi connectivity index (χ3v) is 5.11. The molecule has 2 heterocycles. The molecule has 0 unspecified atom stereocenters. The molecule has 1 amide bonds. The van der Waals surface area contributed by atoms with E-state index in [4.69, 9.17) is 21.1 Å². The average Bonchev–Trinajstić information content (AvgIpc) is 3.28. The topological polar surface area (TPSA) is 64.9 Å². The number of para-hydroxylation sites is 1. The molecule has 1 aromatic heterocycles. The van der Waals surface area contributed by atoms with Crippen LogP contribution >= 0.6 is 11.6 Å². The van der Waals surface area contributed by atoms with E-state index in [1.807, 2.05) is 48.7 Å². The number of rotatable bonds is 6. The standard InChI is InChI=1S/C22H22ClN3O3/c1-22(28-10-11-29-22)12-21(27)25-24-13-17-15-26(20-5-3-2-4-19(17)20)14-16-6-8-18(23)9-7-16/h2-9,13,15H,10-12,14H2,1H3,(H,25,27)/b24-13-. The minimum atomic E-state index is -0.867. The molecule has 1 aliphatic rings. The zero-order valence-electron chi connectivity index (χ0n) is 16.1. The minimum Gasteiger partial charge on any atom is -0.347 e. The van der Waals surface area contributed by atoms with Crippen LogP contribution in [0.3, 0.4) is 0 Å². The average molecular weight is 412 g/mol. The SMILES string of the molecule is CC1(CC(=O)N/N=C\c2cn(Cc3ccc(Cl)cc3)c3ccccc23)OCCO1. The summed E-state index contributed by atoms with van der Waals surface area (Å²) in [7, 11) is 0. The first-order valence-electron chi connectivity index (χ1n) is 9.45. The number of aromatic nitrogens is 1. The summed E-state index contributed by atoms with van der Waals surface area (Å²) in [5, 5.41) is 5.91. The van der Waals surface area contributed by atoms with E-state index in [1.165, 1.54) is 0 Å². The molecule has 2 aromatic carbocycles. The molecule has 0 spiro atoms. The van der Waals surface area contributed by atoms with Gasteiger partial charge in [0.1, 0.15) is 0 Å². The van der Waals surface area contributed by atoms with Gasteiger partial charge >= 0.3 is 0 Å². The Morgan fingerprint density at radius 1 is 1.21 bits per heavy atom. The van der Waals surface area contributed by atoms with Crippen LogP contribution in [0.15, 0.2) is 59.8 Å². The molecule has 0 bridgehead atoms. The second kappa shape index (κ2) is 8.37. The summed E-state index contributed by atoms with van der Waals surface area (Å²) in [5.41, 5.74) is 5.73. The van der Waals surface area contributed by atoms with Crippen LogP contribution in [0, 0.1) is 0 Å². The zero-order valence-corrected chi connectivity index (χ0v) is 16.9. The highest BCUT2D eigenvalue weighted by Gasteiger charge is 2.33. The van der Waals surface area contributed by atoms with Gasteiger partial charge in [0.2, 0.25) is 5.91 Å². The third-order valence-electron chi connectivity index (χ3n) is 4.86. The Kier molecular flexibility index (Phi) is 5.67. The van der Waals surface area contributed by atoms with Crippen LogP contribution in [0.1, 0.15) is 24.5 Å². The van der Waals surface area contributed by atoms with Crippen molar-refractivity contribution in [3.63, 3.8) is 0 Å². The maximum Gasteiger partial charge on any atom is 0.245 e.